The number of aliphatic hydroxyl groups is 1. The number of hydrogen-bond donors (Lipinski definition) is 4. The van der Waals surface area contributed by atoms with Gasteiger partial charge in [0.1, 0.15) is 11.5 Å². The summed E-state index contributed by atoms with van der Waals surface area (Å²) >= 11 is 0. The minimum Gasteiger partial charge on any atom is -0.391 e. The van der Waals surface area contributed by atoms with Gasteiger partial charge < -0.3 is 20.9 Å². The van der Waals surface area contributed by atoms with Crippen LogP contribution in [0.25, 0.3) is 0 Å². The molecule has 0 saturated carbocycles. The van der Waals surface area contributed by atoms with E-state index < -0.39 is 17.4 Å². The molecule has 0 saturated heterocycles. The number of methoxy groups -OCH3 is 1. The molecule has 8 heteroatoms. The molecule has 1 rings (SSSR count). The van der Waals surface area contributed by atoms with Gasteiger partial charge in [-0.25, -0.2) is 4.79 Å². The smallest absolute Gasteiger partial charge is 0.330 e. The molecule has 0 aliphatic rings. The van der Waals surface area contributed by atoms with Crippen molar-refractivity contribution in [3.63, 3.8) is 0 Å². The van der Waals surface area contributed by atoms with Gasteiger partial charge in [0.2, 0.25) is 0 Å². The van der Waals surface area contributed by atoms with Crippen molar-refractivity contribution in [1.29, 1.82) is 0 Å². The van der Waals surface area contributed by atoms with E-state index in [4.69, 9.17) is 10.5 Å². The average Bonchev–Trinajstić information content (AvgIpc) is 2.38. The molecule has 1 atom stereocenters. The Balaban J connectivity index is 2.82. The van der Waals surface area contributed by atoms with Crippen LogP contribution in [-0.2, 0) is 11.3 Å². The summed E-state index contributed by atoms with van der Waals surface area (Å²) in [7, 11) is 1.50. The number of anilines is 2. The monoisotopic (exact) mass is 286 g/mol. The maximum absolute atomic E-state index is 11.7. The molecular weight excluding hydrogens is 264 g/mol. The fourth-order valence-electron chi connectivity index (χ4n) is 1.84. The summed E-state index contributed by atoms with van der Waals surface area (Å²) in [5, 5.41) is 12.4. The Morgan fingerprint density at radius 3 is 2.80 bits per heavy atom. The van der Waals surface area contributed by atoms with Crippen molar-refractivity contribution >= 4 is 11.5 Å². The number of nitrogen functional groups attached to an aromatic ring is 1. The first kappa shape index (κ1) is 16.3. The van der Waals surface area contributed by atoms with Gasteiger partial charge in [0, 0.05) is 20.2 Å². The first-order chi connectivity index (χ1) is 9.51. The molecule has 0 aliphatic heterocycles. The fraction of sp³-hybridized carbons (Fsp3) is 0.667. The van der Waals surface area contributed by atoms with Crippen LogP contribution in [0, 0.1) is 0 Å². The van der Waals surface area contributed by atoms with Crippen LogP contribution >= 0.6 is 0 Å². The summed E-state index contributed by atoms with van der Waals surface area (Å²) in [5.74, 6) is 0.113. The molecule has 1 heterocycles. The van der Waals surface area contributed by atoms with E-state index in [2.05, 4.69) is 10.3 Å². The van der Waals surface area contributed by atoms with E-state index in [0.717, 1.165) is 6.42 Å². The lowest BCUT2D eigenvalue weighted by atomic mass is 10.2. The minimum absolute atomic E-state index is 0.113. The third-order valence-corrected chi connectivity index (χ3v) is 2.83. The van der Waals surface area contributed by atoms with Gasteiger partial charge in [-0.3, -0.25) is 14.3 Å². The van der Waals surface area contributed by atoms with Crippen molar-refractivity contribution in [3.05, 3.63) is 20.8 Å². The summed E-state index contributed by atoms with van der Waals surface area (Å²) < 4.78 is 6.12. The van der Waals surface area contributed by atoms with Crippen molar-refractivity contribution in [2.24, 2.45) is 0 Å². The Labute approximate surface area is 116 Å². The second-order valence-corrected chi connectivity index (χ2v) is 4.50. The van der Waals surface area contributed by atoms with Gasteiger partial charge >= 0.3 is 5.69 Å². The van der Waals surface area contributed by atoms with Gasteiger partial charge in [0.25, 0.3) is 5.56 Å². The molecule has 0 bridgehead atoms. The third-order valence-electron chi connectivity index (χ3n) is 2.83. The van der Waals surface area contributed by atoms with E-state index in [1.807, 2.05) is 6.92 Å². The topological polar surface area (TPSA) is 122 Å². The van der Waals surface area contributed by atoms with Crippen molar-refractivity contribution in [2.45, 2.75) is 32.4 Å². The molecule has 0 aromatic carbocycles. The Morgan fingerprint density at radius 1 is 1.50 bits per heavy atom. The van der Waals surface area contributed by atoms with Crippen LogP contribution in [0.15, 0.2) is 9.59 Å². The zero-order valence-corrected chi connectivity index (χ0v) is 11.8. The van der Waals surface area contributed by atoms with E-state index in [-0.39, 0.29) is 18.1 Å². The molecule has 5 N–H and O–H groups in total. The maximum Gasteiger partial charge on any atom is 0.330 e. The largest absolute Gasteiger partial charge is 0.391 e. The molecular formula is C12H22N4O4. The molecule has 114 valence electrons. The highest BCUT2D eigenvalue weighted by Gasteiger charge is 2.12. The highest BCUT2D eigenvalue weighted by Crippen LogP contribution is 2.10. The molecule has 0 amide bonds. The number of aromatic amines is 1. The Hall–Kier alpha value is -1.80. The summed E-state index contributed by atoms with van der Waals surface area (Å²) in [4.78, 5) is 25.6. The highest BCUT2D eigenvalue weighted by atomic mass is 16.5. The normalized spacial score (nSPS) is 12.3. The number of nitrogens with one attached hydrogen (secondary N) is 2. The summed E-state index contributed by atoms with van der Waals surface area (Å²) in [6.45, 7) is 2.92. The molecule has 1 aromatic heterocycles. The molecule has 1 aromatic rings. The van der Waals surface area contributed by atoms with Gasteiger partial charge in [-0.15, -0.1) is 0 Å². The number of hydrogen-bond acceptors (Lipinski definition) is 6. The Bertz CT molecular complexity index is 537. The molecule has 0 radical (unpaired) electrons. The third kappa shape index (κ3) is 4.10. The summed E-state index contributed by atoms with van der Waals surface area (Å²) in [6, 6.07) is 0. The number of H-pyrrole nitrogens is 1. The summed E-state index contributed by atoms with van der Waals surface area (Å²) in [5.41, 5.74) is 4.93. The predicted octanol–water partition coefficient (Wildman–Crippen LogP) is -0.662. The number of aliphatic hydroxyl groups excluding tert-OH is 1. The van der Waals surface area contributed by atoms with E-state index in [1.54, 1.807) is 0 Å². The molecule has 1 unspecified atom stereocenters. The number of nitrogens with two attached hydrogens (primary N) is 1. The zero-order valence-electron chi connectivity index (χ0n) is 11.8. The summed E-state index contributed by atoms with van der Waals surface area (Å²) in [6.07, 6.45) is 0.510. The lowest BCUT2D eigenvalue weighted by Gasteiger charge is -2.14. The molecule has 0 aliphatic carbocycles. The second-order valence-electron chi connectivity index (χ2n) is 4.50. The van der Waals surface area contributed by atoms with Gasteiger partial charge in [0.15, 0.2) is 0 Å². The first-order valence-corrected chi connectivity index (χ1v) is 6.54. The van der Waals surface area contributed by atoms with E-state index in [1.165, 1.54) is 11.7 Å². The minimum atomic E-state index is -0.616. The van der Waals surface area contributed by atoms with Crippen LogP contribution in [-0.4, -0.2) is 41.0 Å². The van der Waals surface area contributed by atoms with Gasteiger partial charge in [-0.05, 0) is 12.8 Å². The predicted molar refractivity (Wildman–Crippen MR) is 77.0 cm³/mol. The van der Waals surface area contributed by atoms with Crippen LogP contribution in [0.1, 0.15) is 19.8 Å². The molecule has 0 fully saturated rings. The average molecular weight is 286 g/mol. The van der Waals surface area contributed by atoms with Crippen molar-refractivity contribution < 1.29 is 9.84 Å². The van der Waals surface area contributed by atoms with E-state index in [9.17, 15) is 14.7 Å². The molecule has 0 spiro atoms. The maximum atomic E-state index is 11.7. The fourth-order valence-corrected chi connectivity index (χ4v) is 1.84. The quantitative estimate of drug-likeness (QED) is 0.503. The van der Waals surface area contributed by atoms with Gasteiger partial charge in [-0.2, -0.15) is 0 Å². The van der Waals surface area contributed by atoms with Crippen LogP contribution in [0.4, 0.5) is 11.5 Å². The number of nitrogens with zero attached hydrogens (tertiary/aromatic N) is 1. The van der Waals surface area contributed by atoms with Crippen molar-refractivity contribution in [3.8, 4) is 0 Å². The van der Waals surface area contributed by atoms with E-state index >= 15 is 0 Å². The lowest BCUT2D eigenvalue weighted by Crippen LogP contribution is -2.34. The standard InChI is InChI=1S/C12H22N4O4/c1-3-6-16-10(13)9(11(18)15-12(16)19)14-5-4-8(17)7-20-2/h8,14,17H,3-7,13H2,1-2H3,(H,15,18,19). The number of ether oxygens (including phenoxy) is 1. The van der Waals surface area contributed by atoms with Crippen LogP contribution in [0.2, 0.25) is 0 Å². The number of rotatable bonds is 8. The zero-order chi connectivity index (χ0) is 15.1. The van der Waals surface area contributed by atoms with Gasteiger partial charge in [0.05, 0.1) is 12.7 Å². The Morgan fingerprint density at radius 2 is 2.20 bits per heavy atom. The SMILES string of the molecule is CCCn1c(N)c(NCCC(O)COC)c(=O)[nH]c1=O. The van der Waals surface area contributed by atoms with Crippen LogP contribution in [0.5, 0.6) is 0 Å². The van der Waals surface area contributed by atoms with Crippen LogP contribution < -0.4 is 22.3 Å². The van der Waals surface area contributed by atoms with Crippen LogP contribution in [0.3, 0.4) is 0 Å². The van der Waals surface area contributed by atoms with Crippen molar-refractivity contribution in [1.82, 2.24) is 9.55 Å². The highest BCUT2D eigenvalue weighted by molar-refractivity contribution is 5.60. The van der Waals surface area contributed by atoms with E-state index in [0.29, 0.717) is 19.5 Å². The van der Waals surface area contributed by atoms with Crippen molar-refractivity contribution in [2.75, 3.05) is 31.3 Å². The second kappa shape index (κ2) is 7.71. The Kier molecular flexibility index (Phi) is 6.26. The lowest BCUT2D eigenvalue weighted by molar-refractivity contribution is 0.0615. The first-order valence-electron chi connectivity index (χ1n) is 6.54. The number of aromatic nitrogens is 2. The van der Waals surface area contributed by atoms with Gasteiger partial charge in [-0.1, -0.05) is 6.92 Å². The molecule has 8 nitrogen and oxygen atoms in total. The molecule has 20 heavy (non-hydrogen) atoms.